The lowest BCUT2D eigenvalue weighted by atomic mass is 9.97. The van der Waals surface area contributed by atoms with E-state index < -0.39 is 0 Å². The van der Waals surface area contributed by atoms with E-state index in [-0.39, 0.29) is 0 Å². The first-order valence-electron chi connectivity index (χ1n) is 35.5. The van der Waals surface area contributed by atoms with Crippen LogP contribution in [0.25, 0.3) is 199 Å². The Hall–Kier alpha value is -14.1. The number of hydrogen-bond donors (Lipinski definition) is 0. The lowest BCUT2D eigenvalue weighted by Crippen LogP contribution is -2.05. The maximum atomic E-state index is 6.67. The van der Waals surface area contributed by atoms with Gasteiger partial charge in [-0.15, -0.1) is 11.3 Å². The quantitative estimate of drug-likeness (QED) is 0.127. The van der Waals surface area contributed by atoms with Crippen LogP contribution in [-0.2, 0) is 0 Å². The van der Waals surface area contributed by atoms with Crippen LogP contribution in [0.5, 0.6) is 0 Å². The van der Waals surface area contributed by atoms with Crippen molar-refractivity contribution in [2.75, 3.05) is 0 Å². The van der Waals surface area contributed by atoms with Gasteiger partial charge in [0, 0.05) is 108 Å². The monoisotopic (exact) mass is 1370 g/mol. The summed E-state index contributed by atoms with van der Waals surface area (Å²) in [6, 6.07) is 127. The van der Waals surface area contributed by atoms with Gasteiger partial charge in [0.1, 0.15) is 11.2 Å². The number of furan rings is 1. The molecule has 0 unspecified atom stereocenters. The topological polar surface area (TPSA) is 100 Å². The van der Waals surface area contributed by atoms with Gasteiger partial charge in [-0.1, -0.05) is 315 Å². The zero-order valence-corrected chi connectivity index (χ0v) is 57.9. The molecule has 0 saturated heterocycles. The molecule has 0 aliphatic carbocycles. The highest BCUT2D eigenvalue weighted by Crippen LogP contribution is 2.48. The van der Waals surface area contributed by atoms with Gasteiger partial charge in [-0.05, 0) is 59.7 Å². The fourth-order valence-electron chi connectivity index (χ4n) is 15.3. The van der Waals surface area contributed by atoms with Crippen molar-refractivity contribution in [3.8, 4) is 113 Å². The number of hydrogen-bond acceptors (Lipinski definition) is 8. The molecule has 0 aliphatic heterocycles. The maximum absolute atomic E-state index is 6.67. The molecule has 106 heavy (non-hydrogen) atoms. The van der Waals surface area contributed by atoms with Crippen molar-refractivity contribution in [1.82, 2.24) is 39.0 Å². The normalized spacial score (nSPS) is 11.6. The van der Waals surface area contributed by atoms with Gasteiger partial charge in [0.05, 0.1) is 33.4 Å². The Kier molecular flexibility index (Phi) is 15.2. The zero-order valence-electron chi connectivity index (χ0n) is 57.0. The molecule has 15 aromatic carbocycles. The molecule has 6 heterocycles. The summed E-state index contributed by atoms with van der Waals surface area (Å²) in [5.41, 5.74) is 20.2. The predicted molar refractivity (Wildman–Crippen MR) is 437 cm³/mol. The number of para-hydroxylation sites is 7. The van der Waals surface area contributed by atoms with Crippen LogP contribution in [0.2, 0.25) is 0 Å². The van der Waals surface area contributed by atoms with Gasteiger partial charge in [-0.3, -0.25) is 0 Å². The van der Waals surface area contributed by atoms with Crippen LogP contribution in [0.1, 0.15) is 0 Å². The smallest absolute Gasteiger partial charge is 0.166 e. The third kappa shape index (κ3) is 10.7. The number of thiophene rings is 1. The first-order valence-corrected chi connectivity index (χ1v) is 36.3. The summed E-state index contributed by atoms with van der Waals surface area (Å²) in [7, 11) is 0. The van der Waals surface area contributed by atoms with Crippen molar-refractivity contribution < 1.29 is 4.42 Å². The van der Waals surface area contributed by atoms with Crippen molar-refractivity contribution in [1.29, 1.82) is 0 Å². The molecule has 0 N–H and O–H groups in total. The zero-order chi connectivity index (χ0) is 70.0. The van der Waals surface area contributed by atoms with E-state index in [0.717, 1.165) is 133 Å². The van der Waals surface area contributed by atoms with Crippen molar-refractivity contribution in [2.24, 2.45) is 0 Å². The third-order valence-electron chi connectivity index (χ3n) is 20.1. The second kappa shape index (κ2) is 26.1. The Morgan fingerprint density at radius 1 is 0.217 bits per heavy atom. The lowest BCUT2D eigenvalue weighted by molar-refractivity contribution is 0.670. The first kappa shape index (κ1) is 61.8. The van der Waals surface area contributed by atoms with Gasteiger partial charge < -0.3 is 13.6 Å². The van der Waals surface area contributed by atoms with Gasteiger partial charge in [0.25, 0.3) is 0 Å². The van der Waals surface area contributed by atoms with Crippen molar-refractivity contribution in [3.63, 3.8) is 0 Å². The molecular weight excluding hydrogens is 1310 g/mol. The molecule has 0 fully saturated rings. The Morgan fingerprint density at radius 2 is 0.585 bits per heavy atom. The van der Waals surface area contributed by atoms with Crippen LogP contribution in [0.3, 0.4) is 0 Å². The van der Waals surface area contributed by atoms with Crippen LogP contribution in [0.15, 0.2) is 368 Å². The van der Waals surface area contributed by atoms with E-state index in [2.05, 4.69) is 264 Å². The molecule has 0 aliphatic rings. The standard InChI is InChI=1S/C51H32N4O.C45H28N4S/c1-4-17-33(18-5-1)36-25-14-30-43(51-53-49(34-19-6-2-7-20-34)52-50(54-51)35-21-8-3-9-22-35)46(36)55-44-31-12-10-23-37(44)39-26-15-27-40(47(39)55)42-29-16-28-41-38-24-11-13-32-45(38)56-48(41)42;1-4-15-29(16-5-1)32-23-14-24-35(45-47-43(30-17-6-2-7-18-30)46-44(48-45)31-19-8-3-9-20-31)42(32)49-38-25-12-10-21-33(38)36-27-37-34-22-11-13-26-40(34)50-41(37)28-39(36)49/h1-32H;1-28H. The van der Waals surface area contributed by atoms with Crippen LogP contribution in [0, 0.1) is 0 Å². The van der Waals surface area contributed by atoms with E-state index in [1.807, 2.05) is 121 Å². The molecule has 21 rings (SSSR count). The summed E-state index contributed by atoms with van der Waals surface area (Å²) < 4.78 is 14.1. The number of rotatable bonds is 11. The van der Waals surface area contributed by atoms with E-state index in [4.69, 9.17) is 34.3 Å². The third-order valence-corrected chi connectivity index (χ3v) is 21.3. The van der Waals surface area contributed by atoms with Gasteiger partial charge >= 0.3 is 0 Å². The number of fused-ring (bicyclic) bond motifs is 12. The summed E-state index contributed by atoms with van der Waals surface area (Å²) in [5, 5.41) is 9.50. The van der Waals surface area contributed by atoms with Gasteiger partial charge in [-0.25, -0.2) is 29.9 Å². The SMILES string of the molecule is c1ccc(-c2nc(-c3ccccc3)nc(-c3cccc(-c4ccccc4)c3-n3c4ccccc4c4cc5c(cc43)sc3ccccc35)n2)cc1.c1ccc(-c2nc(-c3ccccc3)nc(-c3cccc(-c4ccccc4)c3-n3c4ccccc4c4cccc(-c5cccc6c5oc5ccccc56)c43)n2)cc1. The summed E-state index contributed by atoms with van der Waals surface area (Å²) >= 11 is 1.84. The molecular formula is C96H60N8OS. The van der Waals surface area contributed by atoms with Gasteiger partial charge in [0.15, 0.2) is 34.9 Å². The highest BCUT2D eigenvalue weighted by Gasteiger charge is 2.28. The van der Waals surface area contributed by atoms with E-state index in [9.17, 15) is 0 Å². The fraction of sp³-hybridized carbons (Fsp3) is 0. The summed E-state index contributed by atoms with van der Waals surface area (Å²) in [5.74, 6) is 3.72. The number of benzene rings is 15. The second-order valence-electron chi connectivity index (χ2n) is 26.4. The molecule has 496 valence electrons. The molecule has 0 saturated carbocycles. The van der Waals surface area contributed by atoms with Crippen LogP contribution >= 0.6 is 11.3 Å². The molecule has 0 bridgehead atoms. The molecule has 9 nitrogen and oxygen atoms in total. The summed E-state index contributed by atoms with van der Waals surface area (Å²) in [6.45, 7) is 0. The van der Waals surface area contributed by atoms with E-state index in [1.165, 1.54) is 30.9 Å². The average Bonchev–Trinajstić information content (AvgIpc) is 1.63. The molecule has 0 atom stereocenters. The molecule has 0 amide bonds. The molecule has 10 heteroatoms. The molecule has 21 aromatic rings. The number of nitrogens with zero attached hydrogens (tertiary/aromatic N) is 8. The Bertz CT molecular complexity index is 6820. The Morgan fingerprint density at radius 3 is 1.11 bits per heavy atom. The molecule has 0 spiro atoms. The predicted octanol–water partition coefficient (Wildman–Crippen LogP) is 25.2. The van der Waals surface area contributed by atoms with Crippen LogP contribution in [-0.4, -0.2) is 39.0 Å². The van der Waals surface area contributed by atoms with Gasteiger partial charge in [0.2, 0.25) is 0 Å². The highest BCUT2D eigenvalue weighted by molar-refractivity contribution is 7.25. The minimum atomic E-state index is 0.591. The van der Waals surface area contributed by atoms with E-state index in [0.29, 0.717) is 34.9 Å². The minimum Gasteiger partial charge on any atom is -0.455 e. The van der Waals surface area contributed by atoms with Crippen molar-refractivity contribution in [3.05, 3.63) is 364 Å². The highest BCUT2D eigenvalue weighted by atomic mass is 32.1. The molecule has 6 aromatic heterocycles. The number of aromatic nitrogens is 8. The van der Waals surface area contributed by atoms with Crippen molar-refractivity contribution >= 4 is 97.1 Å². The Balaban J connectivity index is 0.000000141. The summed E-state index contributed by atoms with van der Waals surface area (Å²) in [6.07, 6.45) is 0. The van der Waals surface area contributed by atoms with E-state index >= 15 is 0 Å². The van der Waals surface area contributed by atoms with E-state index in [1.54, 1.807) is 0 Å². The minimum absolute atomic E-state index is 0.591. The average molecular weight is 1370 g/mol. The van der Waals surface area contributed by atoms with Gasteiger partial charge in [-0.2, -0.15) is 0 Å². The fourth-order valence-corrected chi connectivity index (χ4v) is 16.5. The Labute approximate surface area is 613 Å². The van der Waals surface area contributed by atoms with Crippen LogP contribution < -0.4 is 0 Å². The second-order valence-corrected chi connectivity index (χ2v) is 27.4. The molecule has 0 radical (unpaired) electrons. The summed E-state index contributed by atoms with van der Waals surface area (Å²) in [4.78, 5) is 31.0. The maximum Gasteiger partial charge on any atom is 0.166 e. The lowest BCUT2D eigenvalue weighted by Gasteiger charge is -2.20. The largest absolute Gasteiger partial charge is 0.455 e. The first-order chi connectivity index (χ1) is 52.6. The van der Waals surface area contributed by atoms with Crippen LogP contribution in [0.4, 0.5) is 0 Å². The van der Waals surface area contributed by atoms with Crippen molar-refractivity contribution in [2.45, 2.75) is 0 Å².